The molecule has 0 saturated heterocycles. The molecule has 1 aliphatic carbocycles. The Bertz CT molecular complexity index is 394. The maximum Gasteiger partial charge on any atom is 0.115 e. The first kappa shape index (κ1) is 14.4. The maximum atomic E-state index is 9.33. The maximum absolute atomic E-state index is 9.33. The van der Waals surface area contributed by atoms with E-state index in [9.17, 15) is 5.11 Å². The molecule has 19 heavy (non-hydrogen) atoms. The molecule has 3 nitrogen and oxygen atoms in total. The van der Waals surface area contributed by atoms with Gasteiger partial charge in [0.15, 0.2) is 0 Å². The Labute approximate surface area is 116 Å². The van der Waals surface area contributed by atoms with E-state index in [1.807, 2.05) is 12.1 Å². The molecule has 1 aromatic carbocycles. The van der Waals surface area contributed by atoms with Gasteiger partial charge in [0, 0.05) is 18.1 Å². The summed E-state index contributed by atoms with van der Waals surface area (Å²) in [5.74, 6) is 0.330. The van der Waals surface area contributed by atoms with E-state index < -0.39 is 0 Å². The van der Waals surface area contributed by atoms with Crippen LogP contribution in [0.4, 0.5) is 0 Å². The van der Waals surface area contributed by atoms with Crippen molar-refractivity contribution in [3.05, 3.63) is 29.8 Å². The summed E-state index contributed by atoms with van der Waals surface area (Å²) >= 11 is 0. The highest BCUT2D eigenvalue weighted by atomic mass is 16.3. The first-order valence-electron chi connectivity index (χ1n) is 7.23. The lowest BCUT2D eigenvalue weighted by molar-refractivity contribution is 0.150. The Hall–Kier alpha value is -1.06. The predicted octanol–water partition coefficient (Wildman–Crippen LogP) is 2.92. The van der Waals surface area contributed by atoms with Crippen LogP contribution in [0.2, 0.25) is 0 Å². The summed E-state index contributed by atoms with van der Waals surface area (Å²) < 4.78 is 0. The number of benzene rings is 1. The quantitative estimate of drug-likeness (QED) is 0.856. The average molecular weight is 262 g/mol. The van der Waals surface area contributed by atoms with Crippen molar-refractivity contribution in [2.45, 2.75) is 44.2 Å². The van der Waals surface area contributed by atoms with Crippen molar-refractivity contribution in [2.24, 2.45) is 0 Å². The van der Waals surface area contributed by atoms with E-state index in [0.717, 1.165) is 6.54 Å². The Balaban J connectivity index is 1.95. The van der Waals surface area contributed by atoms with Crippen LogP contribution in [0.5, 0.6) is 5.75 Å². The van der Waals surface area contributed by atoms with Crippen molar-refractivity contribution >= 4 is 0 Å². The molecule has 1 aromatic rings. The lowest BCUT2D eigenvalue weighted by Crippen LogP contribution is -2.50. The van der Waals surface area contributed by atoms with Crippen LogP contribution in [-0.2, 0) is 0 Å². The van der Waals surface area contributed by atoms with Gasteiger partial charge in [0.1, 0.15) is 5.75 Å². The largest absolute Gasteiger partial charge is 0.508 e. The standard InChI is InChI=1S/C16H26N2O/c1-13(14-6-8-15(19)9-7-14)17-12-16(18(2)3)10-4-5-11-16/h6-9,13,17,19H,4-5,10-12H2,1-3H3. The third-order valence-corrected chi connectivity index (χ3v) is 4.61. The highest BCUT2D eigenvalue weighted by Gasteiger charge is 2.35. The molecule has 0 aliphatic heterocycles. The van der Waals surface area contributed by atoms with E-state index >= 15 is 0 Å². The second kappa shape index (κ2) is 5.93. The van der Waals surface area contributed by atoms with Crippen LogP contribution < -0.4 is 5.32 Å². The fraction of sp³-hybridized carbons (Fsp3) is 0.625. The number of rotatable bonds is 5. The normalized spacial score (nSPS) is 19.8. The molecule has 106 valence electrons. The lowest BCUT2D eigenvalue weighted by atomic mass is 9.95. The topological polar surface area (TPSA) is 35.5 Å². The summed E-state index contributed by atoms with van der Waals surface area (Å²) in [4.78, 5) is 2.39. The Kier molecular flexibility index (Phi) is 4.48. The third-order valence-electron chi connectivity index (χ3n) is 4.61. The minimum atomic E-state index is 0.318. The third kappa shape index (κ3) is 3.28. The van der Waals surface area contributed by atoms with E-state index in [4.69, 9.17) is 0 Å². The lowest BCUT2D eigenvalue weighted by Gasteiger charge is -2.37. The van der Waals surface area contributed by atoms with Gasteiger partial charge in [-0.15, -0.1) is 0 Å². The molecule has 1 unspecified atom stereocenters. The molecular weight excluding hydrogens is 236 g/mol. The zero-order valence-electron chi connectivity index (χ0n) is 12.3. The highest BCUT2D eigenvalue weighted by molar-refractivity contribution is 5.27. The van der Waals surface area contributed by atoms with Crippen molar-refractivity contribution < 1.29 is 5.11 Å². The Morgan fingerprint density at radius 3 is 2.32 bits per heavy atom. The van der Waals surface area contributed by atoms with Gasteiger partial charge in [-0.1, -0.05) is 25.0 Å². The molecule has 1 aliphatic rings. The van der Waals surface area contributed by atoms with Crippen LogP contribution in [0, 0.1) is 0 Å². The fourth-order valence-electron chi connectivity index (χ4n) is 3.04. The molecule has 0 radical (unpaired) electrons. The zero-order chi connectivity index (χ0) is 13.9. The van der Waals surface area contributed by atoms with Gasteiger partial charge in [-0.3, -0.25) is 0 Å². The smallest absolute Gasteiger partial charge is 0.115 e. The SMILES string of the molecule is CC(NCC1(N(C)C)CCCC1)c1ccc(O)cc1. The summed E-state index contributed by atoms with van der Waals surface area (Å²) in [7, 11) is 4.39. The van der Waals surface area contributed by atoms with Gasteiger partial charge in [-0.2, -0.15) is 0 Å². The van der Waals surface area contributed by atoms with Gasteiger partial charge in [0.05, 0.1) is 0 Å². The molecule has 1 atom stereocenters. The minimum Gasteiger partial charge on any atom is -0.508 e. The first-order valence-corrected chi connectivity index (χ1v) is 7.23. The molecule has 1 fully saturated rings. The van der Waals surface area contributed by atoms with Gasteiger partial charge in [0.2, 0.25) is 0 Å². The zero-order valence-corrected chi connectivity index (χ0v) is 12.3. The van der Waals surface area contributed by atoms with E-state index in [0.29, 0.717) is 17.3 Å². The van der Waals surface area contributed by atoms with Gasteiger partial charge in [-0.05, 0) is 51.6 Å². The van der Waals surface area contributed by atoms with E-state index in [1.165, 1.54) is 31.2 Å². The van der Waals surface area contributed by atoms with Crippen LogP contribution in [-0.4, -0.2) is 36.2 Å². The van der Waals surface area contributed by atoms with Crippen LogP contribution in [0.25, 0.3) is 0 Å². The number of nitrogens with zero attached hydrogens (tertiary/aromatic N) is 1. The number of phenolic OH excluding ortho intramolecular Hbond substituents is 1. The van der Waals surface area contributed by atoms with Gasteiger partial charge >= 0.3 is 0 Å². The number of aromatic hydroxyl groups is 1. The predicted molar refractivity (Wildman–Crippen MR) is 79.4 cm³/mol. The molecular formula is C16H26N2O. The van der Waals surface area contributed by atoms with Crippen LogP contribution in [0.3, 0.4) is 0 Å². The molecule has 1 saturated carbocycles. The molecule has 0 amide bonds. The average Bonchev–Trinajstić information content (AvgIpc) is 2.87. The van der Waals surface area contributed by atoms with Crippen LogP contribution in [0.1, 0.15) is 44.2 Å². The van der Waals surface area contributed by atoms with Crippen molar-refractivity contribution in [1.82, 2.24) is 10.2 Å². The van der Waals surface area contributed by atoms with E-state index in [1.54, 1.807) is 12.1 Å². The first-order chi connectivity index (χ1) is 9.03. The van der Waals surface area contributed by atoms with Gasteiger partial charge in [-0.25, -0.2) is 0 Å². The van der Waals surface area contributed by atoms with Crippen LogP contribution in [0.15, 0.2) is 24.3 Å². The van der Waals surface area contributed by atoms with Gasteiger partial charge < -0.3 is 15.3 Å². The Morgan fingerprint density at radius 2 is 1.79 bits per heavy atom. The monoisotopic (exact) mass is 262 g/mol. The second-order valence-corrected chi connectivity index (χ2v) is 6.02. The highest BCUT2D eigenvalue weighted by Crippen LogP contribution is 2.33. The van der Waals surface area contributed by atoms with E-state index in [-0.39, 0.29) is 0 Å². The molecule has 0 spiro atoms. The van der Waals surface area contributed by atoms with Gasteiger partial charge in [0.25, 0.3) is 0 Å². The number of phenols is 1. The van der Waals surface area contributed by atoms with Crippen molar-refractivity contribution in [2.75, 3.05) is 20.6 Å². The number of hydrogen-bond acceptors (Lipinski definition) is 3. The molecule has 2 rings (SSSR count). The Morgan fingerprint density at radius 1 is 1.21 bits per heavy atom. The summed E-state index contributed by atoms with van der Waals surface area (Å²) in [6.07, 6.45) is 5.26. The fourth-order valence-corrected chi connectivity index (χ4v) is 3.04. The summed E-state index contributed by atoms with van der Waals surface area (Å²) in [6, 6.07) is 7.81. The summed E-state index contributed by atoms with van der Waals surface area (Å²) in [5.41, 5.74) is 1.55. The molecule has 2 N–H and O–H groups in total. The number of nitrogens with one attached hydrogen (secondary N) is 1. The molecule has 3 heteroatoms. The van der Waals surface area contributed by atoms with Crippen molar-refractivity contribution in [3.63, 3.8) is 0 Å². The van der Waals surface area contributed by atoms with Crippen molar-refractivity contribution in [3.8, 4) is 5.75 Å². The minimum absolute atomic E-state index is 0.318. The summed E-state index contributed by atoms with van der Waals surface area (Å²) in [6.45, 7) is 3.22. The van der Waals surface area contributed by atoms with E-state index in [2.05, 4.69) is 31.2 Å². The molecule has 0 bridgehead atoms. The van der Waals surface area contributed by atoms with Crippen molar-refractivity contribution in [1.29, 1.82) is 0 Å². The second-order valence-electron chi connectivity index (χ2n) is 6.02. The molecule has 0 aromatic heterocycles. The van der Waals surface area contributed by atoms with Crippen LogP contribution >= 0.6 is 0 Å². The number of likely N-dealkylation sites (N-methyl/N-ethyl adjacent to an activating group) is 1. The number of hydrogen-bond donors (Lipinski definition) is 2. The molecule has 0 heterocycles. The summed E-state index contributed by atoms with van der Waals surface area (Å²) in [5, 5.41) is 13.0.